The van der Waals surface area contributed by atoms with Crippen LogP contribution in [0.25, 0.3) is 10.9 Å². The molecule has 0 aliphatic carbocycles. The van der Waals surface area contributed by atoms with Crippen LogP contribution in [0, 0.1) is 13.8 Å². The number of benzene rings is 1. The molecule has 0 aliphatic heterocycles. The Morgan fingerprint density at radius 3 is 2.74 bits per heavy atom. The molecule has 0 saturated carbocycles. The number of H-pyrrole nitrogens is 1. The minimum absolute atomic E-state index is 0.0826. The molecule has 0 fully saturated rings. The Bertz CT molecular complexity index is 1300. The van der Waals surface area contributed by atoms with Gasteiger partial charge in [-0.1, -0.05) is 13.0 Å². The zero-order valence-electron chi connectivity index (χ0n) is 20.2. The van der Waals surface area contributed by atoms with Gasteiger partial charge in [0, 0.05) is 43.7 Å². The maximum atomic E-state index is 13.1. The number of rotatable bonds is 10. The Balaban J connectivity index is 1.73. The van der Waals surface area contributed by atoms with Gasteiger partial charge in [-0.25, -0.2) is 4.68 Å². The number of aromatic amines is 1. The lowest BCUT2D eigenvalue weighted by Gasteiger charge is -2.30. The minimum atomic E-state index is -0.0955. The number of aryl methyl sites for hydroxylation is 2. The summed E-state index contributed by atoms with van der Waals surface area (Å²) in [4.78, 5) is 22.6. The normalized spacial score (nSPS) is 12.5. The maximum absolute atomic E-state index is 13.1. The number of tetrazole rings is 1. The summed E-state index contributed by atoms with van der Waals surface area (Å²) in [6.07, 6.45) is 4.39. The first kappa shape index (κ1) is 23.7. The number of hydrogen-bond acceptors (Lipinski definition) is 7. The molecular formula is C25H31N7O2. The van der Waals surface area contributed by atoms with Crippen LogP contribution in [-0.2, 0) is 24.4 Å². The molecule has 1 atom stereocenters. The van der Waals surface area contributed by atoms with Crippen LogP contribution >= 0.6 is 0 Å². The van der Waals surface area contributed by atoms with E-state index in [1.165, 1.54) is 5.56 Å². The van der Waals surface area contributed by atoms with Crippen molar-refractivity contribution in [3.8, 4) is 0 Å². The van der Waals surface area contributed by atoms with Gasteiger partial charge in [-0.05, 0) is 77.0 Å². The summed E-state index contributed by atoms with van der Waals surface area (Å²) in [5.41, 5.74) is 4.88. The van der Waals surface area contributed by atoms with Crippen LogP contribution in [0.4, 0.5) is 0 Å². The molecule has 1 aromatic carbocycles. The maximum Gasteiger partial charge on any atom is 0.252 e. The van der Waals surface area contributed by atoms with E-state index in [-0.39, 0.29) is 11.6 Å². The number of ether oxygens (including phenoxy) is 1. The van der Waals surface area contributed by atoms with Gasteiger partial charge in [0.05, 0.1) is 19.2 Å². The molecule has 1 N–H and O–H groups in total. The van der Waals surface area contributed by atoms with Crippen molar-refractivity contribution in [3.05, 3.63) is 81.2 Å². The second-order valence-corrected chi connectivity index (χ2v) is 8.59. The number of nitrogens with zero attached hydrogens (tertiary/aromatic N) is 6. The highest BCUT2D eigenvalue weighted by atomic mass is 16.5. The number of hydrogen-bond donors (Lipinski definition) is 1. The van der Waals surface area contributed by atoms with E-state index >= 15 is 0 Å². The summed E-state index contributed by atoms with van der Waals surface area (Å²) in [5, 5.41) is 13.4. The molecule has 4 aromatic rings. The van der Waals surface area contributed by atoms with Crippen molar-refractivity contribution >= 4 is 10.9 Å². The van der Waals surface area contributed by atoms with Gasteiger partial charge in [0.2, 0.25) is 0 Å². The molecule has 178 valence electrons. The van der Waals surface area contributed by atoms with Gasteiger partial charge in [0.25, 0.3) is 5.56 Å². The van der Waals surface area contributed by atoms with E-state index in [4.69, 9.17) is 4.74 Å². The number of pyridine rings is 2. The molecular weight excluding hydrogens is 430 g/mol. The van der Waals surface area contributed by atoms with Gasteiger partial charge in [0.1, 0.15) is 0 Å². The van der Waals surface area contributed by atoms with Crippen LogP contribution in [0.5, 0.6) is 0 Å². The Labute approximate surface area is 198 Å². The SMILES string of the molecule is CC[C@@H](c1nnnn1CCOC)N(Cc1cccnc1)Cc1cc2cc(C)c(C)cc2[nH]c1=O. The third kappa shape index (κ3) is 5.21. The van der Waals surface area contributed by atoms with Crippen LogP contribution in [0.3, 0.4) is 0 Å². The van der Waals surface area contributed by atoms with Crippen molar-refractivity contribution < 1.29 is 4.74 Å². The zero-order chi connectivity index (χ0) is 24.1. The molecule has 4 rings (SSSR count). The van der Waals surface area contributed by atoms with E-state index in [0.717, 1.165) is 34.3 Å². The molecule has 34 heavy (non-hydrogen) atoms. The fourth-order valence-corrected chi connectivity index (χ4v) is 4.25. The van der Waals surface area contributed by atoms with E-state index in [9.17, 15) is 4.79 Å². The van der Waals surface area contributed by atoms with Crippen LogP contribution in [0.1, 0.15) is 47.5 Å². The minimum Gasteiger partial charge on any atom is -0.383 e. The summed E-state index contributed by atoms with van der Waals surface area (Å²) < 4.78 is 7.01. The first-order valence-corrected chi connectivity index (χ1v) is 11.5. The number of nitrogens with one attached hydrogen (secondary N) is 1. The summed E-state index contributed by atoms with van der Waals surface area (Å²) in [6.45, 7) is 8.37. The molecule has 0 bridgehead atoms. The largest absolute Gasteiger partial charge is 0.383 e. The van der Waals surface area contributed by atoms with Crippen LogP contribution in [-0.4, -0.2) is 48.8 Å². The lowest BCUT2D eigenvalue weighted by atomic mass is 10.0. The second-order valence-electron chi connectivity index (χ2n) is 8.59. The average molecular weight is 462 g/mol. The fraction of sp³-hybridized carbons (Fsp3) is 0.400. The molecule has 3 heterocycles. The van der Waals surface area contributed by atoms with Gasteiger partial charge in [-0.15, -0.1) is 5.10 Å². The first-order chi connectivity index (χ1) is 16.5. The second kappa shape index (κ2) is 10.7. The summed E-state index contributed by atoms with van der Waals surface area (Å²) in [5.74, 6) is 0.757. The van der Waals surface area contributed by atoms with Crippen molar-refractivity contribution in [2.75, 3.05) is 13.7 Å². The highest BCUT2D eigenvalue weighted by molar-refractivity contribution is 5.80. The summed E-state index contributed by atoms with van der Waals surface area (Å²) in [6, 6.07) is 10.0. The zero-order valence-corrected chi connectivity index (χ0v) is 20.2. The third-order valence-corrected chi connectivity index (χ3v) is 6.21. The van der Waals surface area contributed by atoms with Crippen molar-refractivity contribution in [2.24, 2.45) is 0 Å². The van der Waals surface area contributed by atoms with Gasteiger partial charge in [-0.3, -0.25) is 14.7 Å². The summed E-state index contributed by atoms with van der Waals surface area (Å²) >= 11 is 0. The van der Waals surface area contributed by atoms with E-state index in [0.29, 0.717) is 31.8 Å². The molecule has 0 amide bonds. The van der Waals surface area contributed by atoms with E-state index in [1.54, 1.807) is 18.0 Å². The van der Waals surface area contributed by atoms with Crippen LogP contribution in [0.2, 0.25) is 0 Å². The Hall–Kier alpha value is -3.43. The summed E-state index contributed by atoms with van der Waals surface area (Å²) in [7, 11) is 1.66. The van der Waals surface area contributed by atoms with Crippen LogP contribution in [0.15, 0.2) is 47.5 Å². The molecule has 0 aliphatic rings. The van der Waals surface area contributed by atoms with Crippen molar-refractivity contribution in [1.82, 2.24) is 35.1 Å². The number of aromatic nitrogens is 6. The highest BCUT2D eigenvalue weighted by Gasteiger charge is 2.26. The standard InChI is InChI=1S/C25H31N7O2/c1-5-23(24-28-29-30-32(24)9-10-34-4)31(15-19-7-6-8-26-14-19)16-21-13-20-11-17(2)18(3)12-22(20)27-25(21)33/h6-8,11-14,23H,5,9-10,15-16H2,1-4H3,(H,27,33)/t23-/m0/s1. The highest BCUT2D eigenvalue weighted by Crippen LogP contribution is 2.26. The topological polar surface area (TPSA) is 102 Å². The van der Waals surface area contributed by atoms with E-state index in [2.05, 4.69) is 57.2 Å². The van der Waals surface area contributed by atoms with Gasteiger partial charge < -0.3 is 9.72 Å². The molecule has 9 heteroatoms. The predicted molar refractivity (Wildman–Crippen MR) is 130 cm³/mol. The molecule has 3 aromatic heterocycles. The molecule has 0 saturated heterocycles. The Morgan fingerprint density at radius 1 is 1.18 bits per heavy atom. The van der Waals surface area contributed by atoms with Crippen molar-refractivity contribution in [3.63, 3.8) is 0 Å². The molecule has 0 unspecified atom stereocenters. The Morgan fingerprint density at radius 2 is 2.00 bits per heavy atom. The first-order valence-electron chi connectivity index (χ1n) is 11.5. The van der Waals surface area contributed by atoms with Gasteiger partial charge >= 0.3 is 0 Å². The quantitative estimate of drug-likeness (QED) is 0.386. The fourth-order valence-electron chi connectivity index (χ4n) is 4.25. The smallest absolute Gasteiger partial charge is 0.252 e. The Kier molecular flexibility index (Phi) is 7.44. The van der Waals surface area contributed by atoms with E-state index < -0.39 is 0 Å². The molecule has 9 nitrogen and oxygen atoms in total. The molecule has 0 spiro atoms. The van der Waals surface area contributed by atoms with Gasteiger partial charge in [-0.2, -0.15) is 0 Å². The molecule has 0 radical (unpaired) electrons. The van der Waals surface area contributed by atoms with Crippen LogP contribution < -0.4 is 5.56 Å². The monoisotopic (exact) mass is 461 g/mol. The predicted octanol–water partition coefficient (Wildman–Crippen LogP) is 3.33. The number of fused-ring (bicyclic) bond motifs is 1. The van der Waals surface area contributed by atoms with Crippen molar-refractivity contribution in [1.29, 1.82) is 0 Å². The third-order valence-electron chi connectivity index (χ3n) is 6.21. The lowest BCUT2D eigenvalue weighted by molar-refractivity contribution is 0.150. The van der Waals surface area contributed by atoms with Gasteiger partial charge in [0.15, 0.2) is 5.82 Å². The lowest BCUT2D eigenvalue weighted by Crippen LogP contribution is -2.32. The number of methoxy groups -OCH3 is 1. The van der Waals surface area contributed by atoms with Crippen molar-refractivity contribution in [2.45, 2.75) is 52.9 Å². The van der Waals surface area contributed by atoms with E-state index in [1.807, 2.05) is 30.5 Å². The average Bonchev–Trinajstić information content (AvgIpc) is 3.29.